The Labute approximate surface area is 194 Å². The normalized spacial score (nSPS) is 12.0. The Bertz CT molecular complexity index is 1120. The number of esters is 1. The molecule has 0 aromatic heterocycles. The number of aryl methyl sites for hydroxylation is 1. The van der Waals surface area contributed by atoms with Crippen molar-refractivity contribution < 1.29 is 22.7 Å². The summed E-state index contributed by atoms with van der Waals surface area (Å²) in [6.07, 6.45) is 0. The van der Waals surface area contributed by atoms with Crippen LogP contribution in [0.25, 0.3) is 0 Å². The average molecular weight is 481 g/mol. The van der Waals surface area contributed by atoms with Crippen molar-refractivity contribution in [3.8, 4) is 0 Å². The maximum Gasteiger partial charge on any atom is 0.338 e. The Morgan fingerprint density at radius 1 is 1.12 bits per heavy atom. The predicted octanol–water partition coefficient (Wildman–Crippen LogP) is 4.64. The van der Waals surface area contributed by atoms with Crippen LogP contribution in [0.4, 0.5) is 5.69 Å². The van der Waals surface area contributed by atoms with Gasteiger partial charge < -0.3 is 10.1 Å². The highest BCUT2D eigenvalue weighted by molar-refractivity contribution is 7.89. The molecule has 0 saturated heterocycles. The van der Waals surface area contributed by atoms with Gasteiger partial charge in [-0.1, -0.05) is 43.6 Å². The van der Waals surface area contributed by atoms with E-state index in [0.29, 0.717) is 5.69 Å². The summed E-state index contributed by atoms with van der Waals surface area (Å²) in [6, 6.07) is 9.51. The molecular weight excluding hydrogens is 452 g/mol. The summed E-state index contributed by atoms with van der Waals surface area (Å²) in [5, 5.41) is 2.76. The molecule has 0 aliphatic carbocycles. The number of hydrogen-bond acceptors (Lipinski definition) is 5. The number of benzene rings is 2. The molecule has 0 saturated carbocycles. The Morgan fingerprint density at radius 3 is 2.38 bits per heavy atom. The van der Waals surface area contributed by atoms with E-state index in [9.17, 15) is 18.0 Å². The molecule has 0 bridgehead atoms. The smallest absolute Gasteiger partial charge is 0.338 e. The van der Waals surface area contributed by atoms with E-state index < -0.39 is 34.0 Å². The van der Waals surface area contributed by atoms with Crippen LogP contribution >= 0.6 is 11.6 Å². The van der Waals surface area contributed by atoms with Crippen molar-refractivity contribution in [2.45, 2.75) is 57.9 Å². The number of ether oxygens (including phenoxy) is 1. The second-order valence-electron chi connectivity index (χ2n) is 8.82. The van der Waals surface area contributed by atoms with Crippen LogP contribution in [-0.4, -0.2) is 32.4 Å². The number of carbonyl (C=O) groups is 2. The number of amides is 1. The molecule has 1 amide bonds. The van der Waals surface area contributed by atoms with E-state index >= 15 is 0 Å². The number of nitrogens with one attached hydrogen (secondary N) is 2. The van der Waals surface area contributed by atoms with Crippen LogP contribution in [0.2, 0.25) is 5.02 Å². The summed E-state index contributed by atoms with van der Waals surface area (Å²) in [6.45, 7) is 10.5. The van der Waals surface area contributed by atoms with Gasteiger partial charge in [-0.3, -0.25) is 4.79 Å². The first-order valence-electron chi connectivity index (χ1n) is 10.1. The van der Waals surface area contributed by atoms with Crippen molar-refractivity contribution in [3.05, 3.63) is 58.1 Å². The fraction of sp³-hybridized carbons (Fsp3) is 0.391. The minimum absolute atomic E-state index is 0.0307. The van der Waals surface area contributed by atoms with Crippen molar-refractivity contribution in [1.82, 2.24) is 4.72 Å². The maximum atomic E-state index is 12.6. The van der Waals surface area contributed by atoms with Crippen molar-refractivity contribution >= 4 is 39.2 Å². The van der Waals surface area contributed by atoms with E-state index in [2.05, 4.69) is 10.0 Å². The first kappa shape index (κ1) is 25.8. The topological polar surface area (TPSA) is 102 Å². The predicted molar refractivity (Wildman–Crippen MR) is 126 cm³/mol. The Kier molecular flexibility index (Phi) is 8.09. The number of hydrogen-bond donors (Lipinski definition) is 2. The fourth-order valence-corrected chi connectivity index (χ4v) is 4.97. The molecule has 2 aromatic rings. The van der Waals surface area contributed by atoms with Gasteiger partial charge in [0.15, 0.2) is 6.61 Å². The Hall–Kier alpha value is -2.42. The minimum atomic E-state index is -3.96. The zero-order valence-corrected chi connectivity index (χ0v) is 20.6. The van der Waals surface area contributed by atoms with Crippen LogP contribution in [0.5, 0.6) is 0 Å². The summed E-state index contributed by atoms with van der Waals surface area (Å²) in [5.41, 5.74) is 1.80. The van der Waals surface area contributed by atoms with Crippen LogP contribution < -0.4 is 10.0 Å². The first-order valence-corrected chi connectivity index (χ1v) is 12.0. The molecular formula is C23H29ClN2O5S. The number of sulfonamides is 1. The van der Waals surface area contributed by atoms with E-state index in [1.165, 1.54) is 12.1 Å². The molecule has 32 heavy (non-hydrogen) atoms. The Morgan fingerprint density at radius 2 is 1.78 bits per heavy atom. The summed E-state index contributed by atoms with van der Waals surface area (Å²) in [7, 11) is -3.96. The van der Waals surface area contributed by atoms with Gasteiger partial charge in [0, 0.05) is 11.2 Å². The molecule has 7 nitrogen and oxygen atoms in total. The standard InChI is InChI=1S/C23H29ClN2O5S/c1-14(2)17-9-7-8-15(3)21(17)25-20(27)13-31-22(28)16-10-11-18(24)19(12-16)32(29,30)26-23(4,5)6/h7-12,14,26H,13H2,1-6H3,(H,25,27). The van der Waals surface area contributed by atoms with Crippen LogP contribution in [0, 0.1) is 6.92 Å². The van der Waals surface area contributed by atoms with Crippen molar-refractivity contribution in [2.24, 2.45) is 0 Å². The van der Waals surface area contributed by atoms with Gasteiger partial charge in [-0.15, -0.1) is 0 Å². The lowest BCUT2D eigenvalue weighted by atomic mass is 9.98. The highest BCUT2D eigenvalue weighted by atomic mass is 35.5. The van der Waals surface area contributed by atoms with Gasteiger partial charge in [0.1, 0.15) is 4.90 Å². The molecule has 2 rings (SSSR count). The lowest BCUT2D eigenvalue weighted by Gasteiger charge is -2.21. The molecule has 0 heterocycles. The third-order valence-corrected chi connectivity index (χ3v) is 6.66. The monoisotopic (exact) mass is 480 g/mol. The lowest BCUT2D eigenvalue weighted by molar-refractivity contribution is -0.119. The van der Waals surface area contributed by atoms with Gasteiger partial charge >= 0.3 is 5.97 Å². The van der Waals surface area contributed by atoms with Gasteiger partial charge in [-0.05, 0) is 62.9 Å². The van der Waals surface area contributed by atoms with E-state index in [1.54, 1.807) is 20.8 Å². The second-order valence-corrected chi connectivity index (χ2v) is 10.9. The van der Waals surface area contributed by atoms with Gasteiger partial charge in [-0.2, -0.15) is 0 Å². The van der Waals surface area contributed by atoms with Crippen LogP contribution in [0.15, 0.2) is 41.3 Å². The van der Waals surface area contributed by atoms with Crippen molar-refractivity contribution in [1.29, 1.82) is 0 Å². The molecule has 9 heteroatoms. The quantitative estimate of drug-likeness (QED) is 0.562. The van der Waals surface area contributed by atoms with Gasteiger partial charge in [0.25, 0.3) is 5.91 Å². The van der Waals surface area contributed by atoms with Gasteiger partial charge in [0.2, 0.25) is 10.0 Å². The summed E-state index contributed by atoms with van der Waals surface area (Å²) in [5.74, 6) is -1.13. The van der Waals surface area contributed by atoms with Gasteiger partial charge in [0.05, 0.1) is 10.6 Å². The molecule has 0 aliphatic rings. The zero-order chi connectivity index (χ0) is 24.3. The SMILES string of the molecule is Cc1cccc(C(C)C)c1NC(=O)COC(=O)c1ccc(Cl)c(S(=O)(=O)NC(C)(C)C)c1. The van der Waals surface area contributed by atoms with E-state index in [1.807, 2.05) is 39.0 Å². The average Bonchev–Trinajstić information content (AvgIpc) is 2.65. The highest BCUT2D eigenvalue weighted by Crippen LogP contribution is 2.27. The fourth-order valence-electron chi connectivity index (χ4n) is 3.03. The summed E-state index contributed by atoms with van der Waals surface area (Å²) < 4.78 is 32.8. The third kappa shape index (κ3) is 6.79. The number of rotatable bonds is 7. The van der Waals surface area contributed by atoms with Crippen LogP contribution in [0.3, 0.4) is 0 Å². The molecule has 0 atom stereocenters. The molecule has 0 fully saturated rings. The van der Waals surface area contributed by atoms with Crippen molar-refractivity contribution in [2.75, 3.05) is 11.9 Å². The molecule has 0 aliphatic heterocycles. The highest BCUT2D eigenvalue weighted by Gasteiger charge is 2.26. The van der Waals surface area contributed by atoms with E-state index in [0.717, 1.165) is 17.2 Å². The molecule has 0 spiro atoms. The largest absolute Gasteiger partial charge is 0.452 e. The third-order valence-electron chi connectivity index (χ3n) is 4.42. The zero-order valence-electron chi connectivity index (χ0n) is 19.1. The summed E-state index contributed by atoms with van der Waals surface area (Å²) >= 11 is 6.05. The number of anilines is 1. The van der Waals surface area contributed by atoms with Crippen LogP contribution in [-0.2, 0) is 19.6 Å². The van der Waals surface area contributed by atoms with Gasteiger partial charge in [-0.25, -0.2) is 17.9 Å². The summed E-state index contributed by atoms with van der Waals surface area (Å²) in [4.78, 5) is 24.6. The minimum Gasteiger partial charge on any atom is -0.452 e. The maximum absolute atomic E-state index is 12.6. The Balaban J connectivity index is 2.14. The van der Waals surface area contributed by atoms with Crippen LogP contribution in [0.1, 0.15) is 62.0 Å². The second kappa shape index (κ2) is 10.0. The van der Waals surface area contributed by atoms with E-state index in [4.69, 9.17) is 16.3 Å². The molecule has 174 valence electrons. The number of carbonyl (C=O) groups excluding carboxylic acids is 2. The number of halogens is 1. The first-order chi connectivity index (χ1) is 14.7. The number of para-hydroxylation sites is 1. The molecule has 2 N–H and O–H groups in total. The lowest BCUT2D eigenvalue weighted by Crippen LogP contribution is -2.40. The van der Waals surface area contributed by atoms with E-state index in [-0.39, 0.29) is 21.4 Å². The molecule has 0 unspecified atom stereocenters. The molecule has 2 aromatic carbocycles. The van der Waals surface area contributed by atoms with Crippen molar-refractivity contribution in [3.63, 3.8) is 0 Å². The molecule has 0 radical (unpaired) electrons.